The third kappa shape index (κ3) is 3.10. The maximum Gasteiger partial charge on any atom is 0.271 e. The van der Waals surface area contributed by atoms with Crippen LogP contribution in [0, 0.1) is 10.1 Å². The zero-order chi connectivity index (χ0) is 19.0. The van der Waals surface area contributed by atoms with E-state index < -0.39 is 4.92 Å². The van der Waals surface area contributed by atoms with Crippen LogP contribution >= 0.6 is 0 Å². The molecule has 2 aliphatic rings. The highest BCUT2D eigenvalue weighted by Gasteiger charge is 2.29. The number of hydrogen-bond acceptors (Lipinski definition) is 5. The second kappa shape index (κ2) is 6.71. The Morgan fingerprint density at radius 3 is 2.81 bits per heavy atom. The van der Waals surface area contributed by atoms with Crippen molar-refractivity contribution in [2.24, 2.45) is 0 Å². The zero-order valence-corrected chi connectivity index (χ0v) is 14.5. The monoisotopic (exact) mass is 367 g/mol. The molecule has 0 saturated heterocycles. The lowest BCUT2D eigenvalue weighted by Gasteiger charge is -2.29. The molecule has 0 aromatic heterocycles. The molecule has 8 nitrogen and oxygen atoms in total. The number of rotatable bonds is 4. The standard InChI is InChI=1S/C19H17N3O5/c23-18(21-9-7-13-5-6-14(22(25)26)11-16(13)21)8-10-20-15-3-1-2-4-17(15)27-12-19(20)24/h1-6,11H,7-10,12H2. The van der Waals surface area contributed by atoms with E-state index in [4.69, 9.17) is 4.74 Å². The molecule has 2 heterocycles. The fraction of sp³-hybridized carbons (Fsp3) is 0.263. The van der Waals surface area contributed by atoms with Crippen molar-refractivity contribution in [3.8, 4) is 5.75 Å². The maximum atomic E-state index is 12.7. The Kier molecular flexibility index (Phi) is 4.23. The third-order valence-electron chi connectivity index (χ3n) is 4.83. The molecule has 2 amide bonds. The molecule has 0 saturated carbocycles. The van der Waals surface area contributed by atoms with Crippen LogP contribution in [-0.2, 0) is 16.0 Å². The molecule has 0 aliphatic carbocycles. The highest BCUT2D eigenvalue weighted by Crippen LogP contribution is 2.33. The van der Waals surface area contributed by atoms with Crippen molar-refractivity contribution >= 4 is 28.9 Å². The van der Waals surface area contributed by atoms with Gasteiger partial charge in [-0.3, -0.25) is 19.7 Å². The summed E-state index contributed by atoms with van der Waals surface area (Å²) in [6.45, 7) is 0.672. The van der Waals surface area contributed by atoms with Crippen LogP contribution in [0.5, 0.6) is 5.75 Å². The Bertz CT molecular complexity index is 943. The van der Waals surface area contributed by atoms with Gasteiger partial charge < -0.3 is 14.5 Å². The quantitative estimate of drug-likeness (QED) is 0.611. The number of para-hydroxylation sites is 2. The fourth-order valence-corrected chi connectivity index (χ4v) is 3.48. The summed E-state index contributed by atoms with van der Waals surface area (Å²) in [6, 6.07) is 11.8. The number of carbonyl (C=O) groups excluding carboxylic acids is 2. The maximum absolute atomic E-state index is 12.7. The lowest BCUT2D eigenvalue weighted by atomic mass is 10.1. The Morgan fingerprint density at radius 2 is 2.00 bits per heavy atom. The van der Waals surface area contributed by atoms with Crippen LogP contribution in [0.2, 0.25) is 0 Å². The van der Waals surface area contributed by atoms with Crippen LogP contribution < -0.4 is 14.5 Å². The molecule has 2 aromatic carbocycles. The van der Waals surface area contributed by atoms with Crippen molar-refractivity contribution in [1.29, 1.82) is 0 Å². The third-order valence-corrected chi connectivity index (χ3v) is 4.83. The highest BCUT2D eigenvalue weighted by molar-refractivity contribution is 6.00. The van der Waals surface area contributed by atoms with Crippen LogP contribution in [0.1, 0.15) is 12.0 Å². The first-order valence-electron chi connectivity index (χ1n) is 8.64. The van der Waals surface area contributed by atoms with E-state index >= 15 is 0 Å². The highest BCUT2D eigenvalue weighted by atomic mass is 16.6. The van der Waals surface area contributed by atoms with Crippen LogP contribution in [0.4, 0.5) is 17.1 Å². The van der Waals surface area contributed by atoms with E-state index in [-0.39, 0.29) is 37.1 Å². The van der Waals surface area contributed by atoms with Crippen molar-refractivity contribution in [2.45, 2.75) is 12.8 Å². The molecule has 0 bridgehead atoms. The van der Waals surface area contributed by atoms with Crippen LogP contribution in [0.15, 0.2) is 42.5 Å². The Labute approximate surface area is 155 Å². The summed E-state index contributed by atoms with van der Waals surface area (Å²) < 4.78 is 5.40. The van der Waals surface area contributed by atoms with Crippen molar-refractivity contribution < 1.29 is 19.2 Å². The number of nitro benzene ring substituents is 1. The van der Waals surface area contributed by atoms with Gasteiger partial charge in [0.05, 0.1) is 16.3 Å². The van der Waals surface area contributed by atoms with Gasteiger partial charge in [-0.05, 0) is 24.1 Å². The summed E-state index contributed by atoms with van der Waals surface area (Å²) >= 11 is 0. The number of carbonyl (C=O) groups is 2. The topological polar surface area (TPSA) is 93.0 Å². The summed E-state index contributed by atoms with van der Waals surface area (Å²) in [5.41, 5.74) is 2.12. The summed E-state index contributed by atoms with van der Waals surface area (Å²) in [5.74, 6) is 0.261. The first kappa shape index (κ1) is 17.0. The lowest BCUT2D eigenvalue weighted by molar-refractivity contribution is -0.384. The average molecular weight is 367 g/mol. The SMILES string of the molecule is O=C(CCN1C(=O)COc2ccccc21)N1CCc2ccc([N+](=O)[O-])cc21. The smallest absolute Gasteiger partial charge is 0.271 e. The van der Waals surface area contributed by atoms with E-state index in [1.54, 1.807) is 28.0 Å². The summed E-state index contributed by atoms with van der Waals surface area (Å²) in [5, 5.41) is 11.0. The van der Waals surface area contributed by atoms with E-state index in [1.807, 2.05) is 12.1 Å². The molecular formula is C19H17N3O5. The van der Waals surface area contributed by atoms with Gasteiger partial charge in [0.25, 0.3) is 11.6 Å². The van der Waals surface area contributed by atoms with Crippen molar-refractivity contribution in [3.63, 3.8) is 0 Å². The van der Waals surface area contributed by atoms with Gasteiger partial charge in [-0.1, -0.05) is 18.2 Å². The number of fused-ring (bicyclic) bond motifs is 2. The summed E-state index contributed by atoms with van der Waals surface area (Å²) in [4.78, 5) is 38.6. The second-order valence-corrected chi connectivity index (χ2v) is 6.42. The van der Waals surface area contributed by atoms with Gasteiger partial charge in [-0.25, -0.2) is 0 Å². The fourth-order valence-electron chi connectivity index (χ4n) is 3.48. The number of nitro groups is 1. The summed E-state index contributed by atoms with van der Waals surface area (Å²) in [7, 11) is 0. The Morgan fingerprint density at radius 1 is 1.19 bits per heavy atom. The molecule has 8 heteroatoms. The zero-order valence-electron chi connectivity index (χ0n) is 14.5. The van der Waals surface area contributed by atoms with Gasteiger partial charge >= 0.3 is 0 Å². The normalized spacial score (nSPS) is 15.2. The number of hydrogen-bond donors (Lipinski definition) is 0. The first-order valence-corrected chi connectivity index (χ1v) is 8.64. The van der Waals surface area contributed by atoms with Crippen LogP contribution in [0.25, 0.3) is 0 Å². The number of anilines is 2. The molecule has 2 aliphatic heterocycles. The van der Waals surface area contributed by atoms with Crippen LogP contribution in [0.3, 0.4) is 0 Å². The molecule has 0 N–H and O–H groups in total. The number of non-ortho nitro benzene ring substituents is 1. The van der Waals surface area contributed by atoms with Gasteiger partial charge in [-0.15, -0.1) is 0 Å². The predicted octanol–water partition coefficient (Wildman–Crippen LogP) is 2.30. The molecule has 0 atom stereocenters. The predicted molar refractivity (Wildman–Crippen MR) is 98.1 cm³/mol. The molecule has 0 fully saturated rings. The van der Waals surface area contributed by atoms with Crippen molar-refractivity contribution in [2.75, 3.05) is 29.5 Å². The molecular weight excluding hydrogens is 350 g/mol. The molecule has 138 valence electrons. The van der Waals surface area contributed by atoms with Crippen molar-refractivity contribution in [1.82, 2.24) is 0 Å². The van der Waals surface area contributed by atoms with Gasteiger partial charge in [0.1, 0.15) is 5.75 Å². The van der Waals surface area contributed by atoms with Crippen molar-refractivity contribution in [3.05, 3.63) is 58.1 Å². The van der Waals surface area contributed by atoms with Gasteiger partial charge in [0, 0.05) is 31.6 Å². The van der Waals surface area contributed by atoms with E-state index in [9.17, 15) is 19.7 Å². The molecule has 0 radical (unpaired) electrons. The Balaban J connectivity index is 1.50. The minimum absolute atomic E-state index is 0.0364. The second-order valence-electron chi connectivity index (χ2n) is 6.42. The summed E-state index contributed by atoms with van der Waals surface area (Å²) in [6.07, 6.45) is 0.792. The lowest BCUT2D eigenvalue weighted by Crippen LogP contribution is -2.41. The largest absolute Gasteiger partial charge is 0.482 e. The molecule has 27 heavy (non-hydrogen) atoms. The first-order chi connectivity index (χ1) is 13.0. The van der Waals surface area contributed by atoms with E-state index in [1.165, 1.54) is 12.1 Å². The van der Waals surface area contributed by atoms with Crippen LogP contribution in [-0.4, -0.2) is 36.4 Å². The molecule has 4 rings (SSSR count). The van der Waals surface area contributed by atoms with E-state index in [0.717, 1.165) is 5.56 Å². The van der Waals surface area contributed by atoms with E-state index in [2.05, 4.69) is 0 Å². The molecule has 0 spiro atoms. The average Bonchev–Trinajstić information content (AvgIpc) is 3.10. The number of amides is 2. The Hall–Kier alpha value is -3.42. The number of ether oxygens (including phenoxy) is 1. The van der Waals surface area contributed by atoms with E-state index in [0.29, 0.717) is 30.1 Å². The molecule has 0 unspecified atom stereocenters. The minimum atomic E-state index is -0.468. The van der Waals surface area contributed by atoms with Gasteiger partial charge in [0.15, 0.2) is 6.61 Å². The van der Waals surface area contributed by atoms with Gasteiger partial charge in [-0.2, -0.15) is 0 Å². The number of benzene rings is 2. The minimum Gasteiger partial charge on any atom is -0.482 e. The molecule has 2 aromatic rings. The number of nitrogens with zero attached hydrogens (tertiary/aromatic N) is 3. The van der Waals surface area contributed by atoms with Gasteiger partial charge in [0.2, 0.25) is 5.91 Å².